The molecule has 1 heterocycles. The highest BCUT2D eigenvalue weighted by Gasteiger charge is 2.15. The van der Waals surface area contributed by atoms with E-state index in [2.05, 4.69) is 210 Å². The predicted molar refractivity (Wildman–Crippen MR) is 212 cm³/mol. The van der Waals surface area contributed by atoms with Gasteiger partial charge in [0.15, 0.2) is 0 Å². The van der Waals surface area contributed by atoms with Crippen molar-refractivity contribution in [3.63, 3.8) is 0 Å². The van der Waals surface area contributed by atoms with E-state index in [0.717, 1.165) is 11.4 Å². The summed E-state index contributed by atoms with van der Waals surface area (Å²) in [6.07, 6.45) is 0. The Balaban J connectivity index is 1.05. The minimum Gasteiger partial charge on any atom is -0.356 e. The second-order valence-electron chi connectivity index (χ2n) is 12.7. The Bertz CT molecular complexity index is 2570. The van der Waals surface area contributed by atoms with Gasteiger partial charge in [-0.15, -0.1) is 0 Å². The second-order valence-corrected chi connectivity index (χ2v) is 12.7. The van der Waals surface area contributed by atoms with Gasteiger partial charge in [0.2, 0.25) is 0 Å². The van der Waals surface area contributed by atoms with Gasteiger partial charge < -0.3 is 9.88 Å². The fourth-order valence-electron chi connectivity index (χ4n) is 7.12. The van der Waals surface area contributed by atoms with Crippen molar-refractivity contribution in [2.45, 2.75) is 0 Å². The van der Waals surface area contributed by atoms with Crippen LogP contribution >= 0.6 is 0 Å². The molecule has 0 saturated heterocycles. The first-order valence-corrected chi connectivity index (χ1v) is 17.1. The van der Waals surface area contributed by atoms with Gasteiger partial charge >= 0.3 is 0 Å². The first kappa shape index (κ1) is 29.5. The second kappa shape index (κ2) is 12.8. The van der Waals surface area contributed by atoms with Crippen molar-refractivity contribution in [1.82, 2.24) is 4.57 Å². The fourth-order valence-corrected chi connectivity index (χ4v) is 7.12. The summed E-state index contributed by atoms with van der Waals surface area (Å²) in [6, 6.07) is 71.6. The highest BCUT2D eigenvalue weighted by atomic mass is 15.0. The van der Waals surface area contributed by atoms with Crippen LogP contribution in [0.5, 0.6) is 0 Å². The third kappa shape index (κ3) is 5.53. The number of rotatable bonds is 7. The Morgan fingerprint density at radius 2 is 0.800 bits per heavy atom. The van der Waals surface area contributed by atoms with Crippen LogP contribution in [0.4, 0.5) is 11.4 Å². The van der Waals surface area contributed by atoms with Gasteiger partial charge in [0, 0.05) is 27.8 Å². The van der Waals surface area contributed by atoms with Crippen LogP contribution in [0, 0.1) is 0 Å². The standard InChI is InChI=1S/C48H34N2/c1-4-12-34(13-5-1)35-20-22-36(23-21-35)37-24-27-40(28-25-37)49-41-29-30-43(45(33-41)38-14-6-2-7-15-38)39-26-31-48-46(32-39)44-18-10-11-19-47(44)50(48)42-16-8-3-9-17-42/h1-33,49H. The van der Waals surface area contributed by atoms with Crippen molar-refractivity contribution in [3.8, 4) is 50.2 Å². The zero-order valence-corrected chi connectivity index (χ0v) is 27.5. The van der Waals surface area contributed by atoms with Crippen LogP contribution in [0.3, 0.4) is 0 Å². The fraction of sp³-hybridized carbons (Fsp3) is 0. The molecule has 2 nitrogen and oxygen atoms in total. The van der Waals surface area contributed by atoms with Crippen LogP contribution in [0.15, 0.2) is 200 Å². The third-order valence-electron chi connectivity index (χ3n) is 9.60. The smallest absolute Gasteiger partial charge is 0.0541 e. The van der Waals surface area contributed by atoms with Crippen LogP contribution in [0.2, 0.25) is 0 Å². The van der Waals surface area contributed by atoms with E-state index in [1.54, 1.807) is 0 Å². The summed E-state index contributed by atoms with van der Waals surface area (Å²) in [7, 11) is 0. The van der Waals surface area contributed by atoms with Crippen molar-refractivity contribution in [3.05, 3.63) is 200 Å². The topological polar surface area (TPSA) is 17.0 Å². The molecular weight excluding hydrogens is 605 g/mol. The van der Waals surface area contributed by atoms with Crippen molar-refractivity contribution in [1.29, 1.82) is 0 Å². The normalized spacial score (nSPS) is 11.2. The molecule has 0 saturated carbocycles. The minimum absolute atomic E-state index is 1.05. The molecule has 50 heavy (non-hydrogen) atoms. The molecule has 9 rings (SSSR count). The molecule has 1 aromatic heterocycles. The number of hydrogen-bond donors (Lipinski definition) is 1. The van der Waals surface area contributed by atoms with Gasteiger partial charge in [-0.25, -0.2) is 0 Å². The molecule has 0 aliphatic carbocycles. The Morgan fingerprint density at radius 3 is 1.48 bits per heavy atom. The molecule has 236 valence electrons. The molecule has 9 aromatic rings. The number of nitrogens with one attached hydrogen (secondary N) is 1. The van der Waals surface area contributed by atoms with E-state index in [1.807, 2.05) is 0 Å². The molecule has 0 aliphatic heterocycles. The minimum atomic E-state index is 1.05. The summed E-state index contributed by atoms with van der Waals surface area (Å²) in [4.78, 5) is 0. The largest absolute Gasteiger partial charge is 0.356 e. The van der Waals surface area contributed by atoms with Crippen molar-refractivity contribution in [2.75, 3.05) is 5.32 Å². The summed E-state index contributed by atoms with van der Waals surface area (Å²) in [6.45, 7) is 0. The average molecular weight is 639 g/mol. The number of anilines is 2. The lowest BCUT2D eigenvalue weighted by Gasteiger charge is -2.15. The maximum Gasteiger partial charge on any atom is 0.0541 e. The van der Waals surface area contributed by atoms with Gasteiger partial charge in [0.1, 0.15) is 0 Å². The molecule has 0 atom stereocenters. The first-order valence-electron chi connectivity index (χ1n) is 17.1. The molecule has 0 amide bonds. The summed E-state index contributed by atoms with van der Waals surface area (Å²) in [5, 5.41) is 6.18. The summed E-state index contributed by atoms with van der Waals surface area (Å²) in [5.74, 6) is 0. The molecule has 0 aliphatic rings. The van der Waals surface area contributed by atoms with E-state index in [-0.39, 0.29) is 0 Å². The quantitative estimate of drug-likeness (QED) is 0.184. The zero-order chi connectivity index (χ0) is 33.3. The first-order chi connectivity index (χ1) is 24.8. The maximum absolute atomic E-state index is 3.67. The van der Waals surface area contributed by atoms with Crippen LogP contribution < -0.4 is 5.32 Å². The van der Waals surface area contributed by atoms with Crippen LogP contribution in [-0.2, 0) is 0 Å². The number of aromatic nitrogens is 1. The Hall–Kier alpha value is -6.64. The van der Waals surface area contributed by atoms with E-state index in [9.17, 15) is 0 Å². The van der Waals surface area contributed by atoms with E-state index in [0.29, 0.717) is 0 Å². The van der Waals surface area contributed by atoms with Gasteiger partial charge in [0.05, 0.1) is 11.0 Å². The molecule has 2 heteroatoms. The lowest BCUT2D eigenvalue weighted by Crippen LogP contribution is -1.94. The monoisotopic (exact) mass is 638 g/mol. The number of hydrogen-bond acceptors (Lipinski definition) is 1. The Morgan fingerprint density at radius 1 is 0.300 bits per heavy atom. The van der Waals surface area contributed by atoms with E-state index < -0.39 is 0 Å². The van der Waals surface area contributed by atoms with E-state index in [4.69, 9.17) is 0 Å². The predicted octanol–water partition coefficient (Wildman–Crippen LogP) is 13.2. The molecule has 1 N–H and O–H groups in total. The Kier molecular flexibility index (Phi) is 7.53. The zero-order valence-electron chi connectivity index (χ0n) is 27.5. The van der Waals surface area contributed by atoms with Gasteiger partial charge in [-0.3, -0.25) is 0 Å². The summed E-state index contributed by atoms with van der Waals surface area (Å²) >= 11 is 0. The molecule has 0 radical (unpaired) electrons. The van der Waals surface area contributed by atoms with E-state index in [1.165, 1.54) is 72.0 Å². The van der Waals surface area contributed by atoms with Gasteiger partial charge in [0.25, 0.3) is 0 Å². The SMILES string of the molecule is c1ccc(-c2ccc(-c3ccc(Nc4ccc(-c5ccc6c(c5)c5ccccc5n6-c5ccccc5)c(-c5ccccc5)c4)cc3)cc2)cc1. The summed E-state index contributed by atoms with van der Waals surface area (Å²) < 4.78 is 2.37. The highest BCUT2D eigenvalue weighted by Crippen LogP contribution is 2.39. The van der Waals surface area contributed by atoms with Crippen LogP contribution in [0.25, 0.3) is 72.0 Å². The lowest BCUT2D eigenvalue weighted by molar-refractivity contribution is 1.18. The molecule has 0 bridgehead atoms. The number of nitrogens with zero attached hydrogens (tertiary/aromatic N) is 1. The van der Waals surface area contributed by atoms with Crippen LogP contribution in [-0.4, -0.2) is 4.57 Å². The van der Waals surface area contributed by atoms with Gasteiger partial charge in [-0.05, 0) is 99.1 Å². The molecule has 0 fully saturated rings. The number of fused-ring (bicyclic) bond motifs is 3. The van der Waals surface area contributed by atoms with Crippen molar-refractivity contribution >= 4 is 33.2 Å². The highest BCUT2D eigenvalue weighted by molar-refractivity contribution is 6.10. The van der Waals surface area contributed by atoms with Gasteiger partial charge in [-0.2, -0.15) is 0 Å². The van der Waals surface area contributed by atoms with Crippen molar-refractivity contribution in [2.24, 2.45) is 0 Å². The molecule has 0 unspecified atom stereocenters. The molecular formula is C48H34N2. The third-order valence-corrected chi connectivity index (χ3v) is 9.60. The maximum atomic E-state index is 3.67. The lowest BCUT2D eigenvalue weighted by atomic mass is 9.93. The number of para-hydroxylation sites is 2. The van der Waals surface area contributed by atoms with Crippen molar-refractivity contribution < 1.29 is 0 Å². The molecule has 8 aromatic carbocycles. The van der Waals surface area contributed by atoms with Crippen LogP contribution in [0.1, 0.15) is 0 Å². The number of benzene rings is 8. The Labute approximate surface area is 292 Å². The van der Waals surface area contributed by atoms with E-state index >= 15 is 0 Å². The summed E-state index contributed by atoms with van der Waals surface area (Å²) in [5.41, 5.74) is 15.3. The van der Waals surface area contributed by atoms with Gasteiger partial charge in [-0.1, -0.05) is 146 Å². The molecule has 0 spiro atoms. The average Bonchev–Trinajstić information content (AvgIpc) is 3.53.